The maximum absolute atomic E-state index is 13.6. The highest BCUT2D eigenvalue weighted by atomic mass is 16.3. The molecule has 0 aliphatic carbocycles. The number of pyridine rings is 2. The summed E-state index contributed by atoms with van der Waals surface area (Å²) in [4.78, 5) is 18.1. The lowest BCUT2D eigenvalue weighted by atomic mass is 9.85. The van der Waals surface area contributed by atoms with Crippen LogP contribution in [-0.2, 0) is 0 Å². The van der Waals surface area contributed by atoms with Crippen LogP contribution in [0.5, 0.6) is 5.75 Å². The van der Waals surface area contributed by atoms with E-state index in [9.17, 15) is 9.90 Å². The fourth-order valence-corrected chi connectivity index (χ4v) is 4.83. The van der Waals surface area contributed by atoms with Crippen LogP contribution < -0.4 is 10.0 Å². The van der Waals surface area contributed by atoms with Crippen molar-refractivity contribution in [3.05, 3.63) is 59.0 Å². The predicted octanol–water partition coefficient (Wildman–Crippen LogP) is 3.21. The predicted molar refractivity (Wildman–Crippen MR) is 103 cm³/mol. The van der Waals surface area contributed by atoms with E-state index in [0.29, 0.717) is 21.2 Å². The van der Waals surface area contributed by atoms with Crippen LogP contribution in [0.25, 0.3) is 16.7 Å². The summed E-state index contributed by atoms with van der Waals surface area (Å²) in [6.07, 6.45) is 5.07. The van der Waals surface area contributed by atoms with Crippen molar-refractivity contribution in [2.24, 2.45) is 5.92 Å². The second kappa shape index (κ2) is 5.68. The quantitative estimate of drug-likeness (QED) is 0.724. The van der Waals surface area contributed by atoms with Crippen LogP contribution in [0, 0.1) is 5.92 Å². The van der Waals surface area contributed by atoms with Crippen molar-refractivity contribution in [1.29, 1.82) is 0 Å². The van der Waals surface area contributed by atoms with Gasteiger partial charge in [-0.05, 0) is 30.2 Å². The first kappa shape index (κ1) is 15.6. The smallest absolute Gasteiger partial charge is 0.322 e. The molecule has 5 heteroatoms. The molecule has 3 aliphatic heterocycles. The number of hydrogen-bond acceptors (Lipinski definition) is 3. The van der Waals surface area contributed by atoms with E-state index in [1.54, 1.807) is 10.8 Å². The van der Waals surface area contributed by atoms with Gasteiger partial charge in [-0.15, -0.1) is 0 Å². The zero-order valence-corrected chi connectivity index (χ0v) is 14.6. The van der Waals surface area contributed by atoms with Gasteiger partial charge in [-0.1, -0.05) is 18.2 Å². The first-order valence-electron chi connectivity index (χ1n) is 9.34. The average Bonchev–Trinajstić information content (AvgIpc) is 2.70. The van der Waals surface area contributed by atoms with E-state index in [4.69, 9.17) is 0 Å². The van der Waals surface area contributed by atoms with Crippen molar-refractivity contribution < 1.29 is 5.11 Å². The van der Waals surface area contributed by atoms with Crippen molar-refractivity contribution in [2.75, 3.05) is 19.6 Å². The molecule has 0 spiro atoms. The minimum Gasteiger partial charge on any atom is -0.502 e. The third kappa shape index (κ3) is 2.13. The standard InChI is InChI=1S/C21H21N3O2/c25-19-17-7-4-11-22-20(17)23(16-5-2-1-3-6-16)21(26)18(19)24-12-8-15(9-13-24)10-14-24/h1-7,11,15H,8-10,12-14H2/p+1. The van der Waals surface area contributed by atoms with E-state index in [1.807, 2.05) is 42.5 Å². The molecule has 6 rings (SSSR count). The molecule has 5 heterocycles. The fourth-order valence-electron chi connectivity index (χ4n) is 4.83. The van der Waals surface area contributed by atoms with Gasteiger partial charge in [-0.25, -0.2) is 4.98 Å². The summed E-state index contributed by atoms with van der Waals surface area (Å²) in [7, 11) is 0. The van der Waals surface area contributed by atoms with Crippen LogP contribution in [0.4, 0.5) is 5.69 Å². The Bertz CT molecular complexity index is 1020. The highest BCUT2D eigenvalue weighted by Gasteiger charge is 2.45. The van der Waals surface area contributed by atoms with E-state index < -0.39 is 0 Å². The number of fused-ring (bicyclic) bond motifs is 4. The summed E-state index contributed by atoms with van der Waals surface area (Å²) in [5.74, 6) is 0.904. The minimum absolute atomic E-state index is 0.116. The molecule has 132 valence electrons. The molecule has 1 aromatic carbocycles. The third-order valence-electron chi connectivity index (χ3n) is 6.27. The van der Waals surface area contributed by atoms with Crippen molar-refractivity contribution in [2.45, 2.75) is 19.3 Å². The summed E-state index contributed by atoms with van der Waals surface area (Å²) in [6, 6.07) is 13.3. The van der Waals surface area contributed by atoms with Gasteiger partial charge in [-0.2, -0.15) is 0 Å². The van der Waals surface area contributed by atoms with Crippen LogP contribution >= 0.6 is 0 Å². The summed E-state index contributed by atoms with van der Waals surface area (Å²) >= 11 is 0. The average molecular weight is 348 g/mol. The van der Waals surface area contributed by atoms with E-state index in [1.165, 1.54) is 0 Å². The van der Waals surface area contributed by atoms with Gasteiger partial charge in [0.1, 0.15) is 0 Å². The molecular weight excluding hydrogens is 326 g/mol. The number of para-hydroxylation sites is 1. The normalized spacial score (nSPS) is 24.8. The van der Waals surface area contributed by atoms with Gasteiger partial charge in [0.05, 0.1) is 30.7 Å². The number of piperidine rings is 3. The molecule has 2 aromatic heterocycles. The number of aromatic hydroxyl groups is 1. The lowest BCUT2D eigenvalue weighted by Gasteiger charge is -2.48. The van der Waals surface area contributed by atoms with Gasteiger partial charge in [0.15, 0.2) is 11.4 Å². The maximum atomic E-state index is 13.6. The molecule has 5 nitrogen and oxygen atoms in total. The molecule has 3 aliphatic rings. The van der Waals surface area contributed by atoms with Gasteiger partial charge >= 0.3 is 5.56 Å². The van der Waals surface area contributed by atoms with Gasteiger partial charge in [0, 0.05) is 25.5 Å². The van der Waals surface area contributed by atoms with Crippen LogP contribution in [0.15, 0.2) is 53.5 Å². The van der Waals surface area contributed by atoms with Crippen molar-refractivity contribution in [3.8, 4) is 11.4 Å². The lowest BCUT2D eigenvalue weighted by Crippen LogP contribution is -2.61. The zero-order valence-electron chi connectivity index (χ0n) is 14.6. The fraction of sp³-hybridized carbons (Fsp3) is 0.333. The molecule has 0 saturated carbocycles. The number of rotatable bonds is 2. The van der Waals surface area contributed by atoms with Crippen LogP contribution in [0.3, 0.4) is 0 Å². The molecule has 0 radical (unpaired) electrons. The molecule has 0 amide bonds. The molecule has 0 atom stereocenters. The molecule has 2 bridgehead atoms. The van der Waals surface area contributed by atoms with Crippen molar-refractivity contribution >= 4 is 16.7 Å². The Morgan fingerprint density at radius 2 is 1.69 bits per heavy atom. The second-order valence-corrected chi connectivity index (χ2v) is 7.60. The van der Waals surface area contributed by atoms with E-state index >= 15 is 0 Å². The first-order chi connectivity index (χ1) is 12.7. The Labute approximate surface area is 151 Å². The Balaban J connectivity index is 1.87. The van der Waals surface area contributed by atoms with Crippen LogP contribution in [0.2, 0.25) is 0 Å². The maximum Gasteiger partial charge on any atom is 0.322 e. The topological polar surface area (TPSA) is 55.1 Å². The minimum atomic E-state index is -0.139. The molecule has 3 fully saturated rings. The van der Waals surface area contributed by atoms with Crippen molar-refractivity contribution in [3.63, 3.8) is 0 Å². The first-order valence-corrected chi connectivity index (χ1v) is 9.34. The van der Waals surface area contributed by atoms with Crippen LogP contribution in [0.1, 0.15) is 19.3 Å². The molecule has 26 heavy (non-hydrogen) atoms. The number of hydrogen-bond donors (Lipinski definition) is 1. The van der Waals surface area contributed by atoms with E-state index in [0.717, 1.165) is 50.5 Å². The highest BCUT2D eigenvalue weighted by molar-refractivity contribution is 5.88. The molecule has 3 aromatic rings. The molecule has 3 saturated heterocycles. The van der Waals surface area contributed by atoms with Gasteiger partial charge < -0.3 is 5.11 Å². The summed E-state index contributed by atoms with van der Waals surface area (Å²) < 4.78 is 2.27. The Kier molecular flexibility index (Phi) is 3.40. The summed E-state index contributed by atoms with van der Waals surface area (Å²) in [5.41, 5.74) is 1.70. The largest absolute Gasteiger partial charge is 0.502 e. The Hall–Kier alpha value is -2.66. The summed E-state index contributed by atoms with van der Waals surface area (Å²) in [6.45, 7) is 2.82. The number of benzene rings is 1. The van der Waals surface area contributed by atoms with E-state index in [2.05, 4.69) is 4.98 Å². The van der Waals surface area contributed by atoms with E-state index in [-0.39, 0.29) is 11.3 Å². The van der Waals surface area contributed by atoms with Crippen molar-refractivity contribution in [1.82, 2.24) is 14.0 Å². The number of aromatic nitrogens is 2. The lowest BCUT2D eigenvalue weighted by molar-refractivity contribution is 0.111. The van der Waals surface area contributed by atoms with Gasteiger partial charge in [0.2, 0.25) is 5.69 Å². The number of quaternary nitrogens is 1. The monoisotopic (exact) mass is 348 g/mol. The molecule has 0 unspecified atom stereocenters. The second-order valence-electron chi connectivity index (χ2n) is 7.60. The number of nitrogens with zero attached hydrogens (tertiary/aromatic N) is 3. The molecular formula is C21H22N3O2+. The zero-order chi connectivity index (χ0) is 17.7. The Morgan fingerprint density at radius 3 is 2.38 bits per heavy atom. The summed E-state index contributed by atoms with van der Waals surface area (Å²) in [5, 5.41) is 11.7. The Morgan fingerprint density at radius 1 is 1.00 bits per heavy atom. The molecule has 1 N–H and O–H groups in total. The third-order valence-corrected chi connectivity index (χ3v) is 6.27. The van der Waals surface area contributed by atoms with Crippen LogP contribution in [-0.4, -0.2) is 34.3 Å². The van der Waals surface area contributed by atoms with Gasteiger partial charge in [-0.3, -0.25) is 13.8 Å². The van der Waals surface area contributed by atoms with Gasteiger partial charge in [0.25, 0.3) is 0 Å². The SMILES string of the molecule is O=c1c([N+]23CCC(CC2)CC3)c(O)c2cccnc2n1-c1ccccc1. The highest BCUT2D eigenvalue weighted by Crippen LogP contribution is 2.42.